The lowest BCUT2D eigenvalue weighted by Gasteiger charge is -2.34. The molecule has 0 aromatic heterocycles. The van der Waals surface area contributed by atoms with Gasteiger partial charge in [-0.25, -0.2) is 0 Å². The fourth-order valence-electron chi connectivity index (χ4n) is 1.44. The molecule has 0 saturated carbocycles. The SMILES string of the molecule is C[C@@H](N)C(=O)NC1(C)CCCOC1. The zero-order chi connectivity index (χ0) is 9.90. The average Bonchev–Trinajstić information content (AvgIpc) is 2.04. The van der Waals surface area contributed by atoms with Gasteiger partial charge < -0.3 is 15.8 Å². The molecular formula is C9H18N2O2. The van der Waals surface area contributed by atoms with Gasteiger partial charge in [0.05, 0.1) is 18.2 Å². The number of nitrogens with one attached hydrogen (secondary N) is 1. The van der Waals surface area contributed by atoms with Crippen molar-refractivity contribution in [1.82, 2.24) is 5.32 Å². The second kappa shape index (κ2) is 4.07. The minimum atomic E-state index is -0.446. The van der Waals surface area contributed by atoms with Crippen molar-refractivity contribution in [3.8, 4) is 0 Å². The van der Waals surface area contributed by atoms with E-state index in [1.807, 2.05) is 6.92 Å². The maximum absolute atomic E-state index is 11.3. The topological polar surface area (TPSA) is 64.4 Å². The summed E-state index contributed by atoms with van der Waals surface area (Å²) < 4.78 is 5.31. The minimum absolute atomic E-state index is 0.104. The summed E-state index contributed by atoms with van der Waals surface area (Å²) in [6, 6.07) is -0.446. The van der Waals surface area contributed by atoms with E-state index in [2.05, 4.69) is 5.32 Å². The van der Waals surface area contributed by atoms with Gasteiger partial charge in [-0.2, -0.15) is 0 Å². The summed E-state index contributed by atoms with van der Waals surface area (Å²) in [5.74, 6) is -0.104. The second-order valence-electron chi connectivity index (χ2n) is 3.99. The summed E-state index contributed by atoms with van der Waals surface area (Å²) in [5, 5.41) is 2.91. The summed E-state index contributed by atoms with van der Waals surface area (Å²) in [4.78, 5) is 11.3. The van der Waals surface area contributed by atoms with Gasteiger partial charge in [0.1, 0.15) is 0 Å². The molecule has 1 aliphatic heterocycles. The van der Waals surface area contributed by atoms with Crippen LogP contribution < -0.4 is 11.1 Å². The third kappa shape index (κ3) is 2.97. The van der Waals surface area contributed by atoms with Gasteiger partial charge in [-0.1, -0.05) is 0 Å². The molecule has 1 amide bonds. The fraction of sp³-hybridized carbons (Fsp3) is 0.889. The minimum Gasteiger partial charge on any atom is -0.379 e. The molecule has 1 unspecified atom stereocenters. The van der Waals surface area contributed by atoms with E-state index >= 15 is 0 Å². The number of carbonyl (C=O) groups excluding carboxylic acids is 1. The molecule has 0 bridgehead atoms. The Morgan fingerprint density at radius 2 is 2.38 bits per heavy atom. The van der Waals surface area contributed by atoms with Gasteiger partial charge in [0.25, 0.3) is 0 Å². The van der Waals surface area contributed by atoms with Crippen molar-refractivity contribution in [2.45, 2.75) is 38.3 Å². The van der Waals surface area contributed by atoms with Crippen molar-refractivity contribution < 1.29 is 9.53 Å². The third-order valence-corrected chi connectivity index (χ3v) is 2.28. The Balaban J connectivity index is 2.45. The van der Waals surface area contributed by atoms with Crippen molar-refractivity contribution >= 4 is 5.91 Å². The van der Waals surface area contributed by atoms with Crippen molar-refractivity contribution in [3.63, 3.8) is 0 Å². The Hall–Kier alpha value is -0.610. The number of hydrogen-bond donors (Lipinski definition) is 2. The average molecular weight is 186 g/mol. The molecule has 4 heteroatoms. The first-order chi connectivity index (χ1) is 6.03. The fourth-order valence-corrected chi connectivity index (χ4v) is 1.44. The Bertz CT molecular complexity index is 186. The molecule has 76 valence electrons. The van der Waals surface area contributed by atoms with Crippen molar-refractivity contribution in [2.24, 2.45) is 5.73 Å². The van der Waals surface area contributed by atoms with E-state index in [0.29, 0.717) is 6.61 Å². The predicted molar refractivity (Wildman–Crippen MR) is 50.3 cm³/mol. The molecule has 0 aliphatic carbocycles. The summed E-state index contributed by atoms with van der Waals surface area (Å²) >= 11 is 0. The molecular weight excluding hydrogens is 168 g/mol. The van der Waals surface area contributed by atoms with Gasteiger partial charge in [0.15, 0.2) is 0 Å². The van der Waals surface area contributed by atoms with Crippen LogP contribution in [-0.4, -0.2) is 30.7 Å². The normalized spacial score (nSPS) is 31.0. The standard InChI is InChI=1S/C9H18N2O2/c1-7(10)8(12)11-9(2)4-3-5-13-6-9/h7H,3-6,10H2,1-2H3,(H,11,12)/t7-,9?/m1/s1. The first-order valence-corrected chi connectivity index (χ1v) is 4.69. The highest BCUT2D eigenvalue weighted by Crippen LogP contribution is 2.17. The lowest BCUT2D eigenvalue weighted by atomic mass is 9.94. The Labute approximate surface area is 78.8 Å². The molecule has 0 aromatic carbocycles. The third-order valence-electron chi connectivity index (χ3n) is 2.28. The first-order valence-electron chi connectivity index (χ1n) is 4.69. The van der Waals surface area contributed by atoms with Crippen molar-refractivity contribution in [3.05, 3.63) is 0 Å². The van der Waals surface area contributed by atoms with Gasteiger partial charge in [0, 0.05) is 6.61 Å². The molecule has 2 atom stereocenters. The van der Waals surface area contributed by atoms with E-state index in [-0.39, 0.29) is 11.4 Å². The quantitative estimate of drug-likeness (QED) is 0.639. The van der Waals surface area contributed by atoms with Crippen LogP contribution in [0.25, 0.3) is 0 Å². The van der Waals surface area contributed by atoms with Crippen LogP contribution in [0.4, 0.5) is 0 Å². The number of hydrogen-bond acceptors (Lipinski definition) is 3. The molecule has 0 radical (unpaired) electrons. The highest BCUT2D eigenvalue weighted by molar-refractivity contribution is 5.81. The monoisotopic (exact) mass is 186 g/mol. The van der Waals surface area contributed by atoms with Crippen LogP contribution in [-0.2, 0) is 9.53 Å². The molecule has 1 fully saturated rings. The lowest BCUT2D eigenvalue weighted by Crippen LogP contribution is -2.55. The molecule has 4 nitrogen and oxygen atoms in total. The van der Waals surface area contributed by atoms with Crippen LogP contribution in [0.1, 0.15) is 26.7 Å². The molecule has 0 aromatic rings. The van der Waals surface area contributed by atoms with Gasteiger partial charge in [-0.05, 0) is 26.7 Å². The molecule has 13 heavy (non-hydrogen) atoms. The summed E-state index contributed by atoms with van der Waals surface area (Å²) in [5.41, 5.74) is 5.24. The summed E-state index contributed by atoms with van der Waals surface area (Å²) in [6.45, 7) is 5.06. The Kier molecular flexibility index (Phi) is 3.27. The van der Waals surface area contributed by atoms with Crippen LogP contribution in [0.5, 0.6) is 0 Å². The highest BCUT2D eigenvalue weighted by atomic mass is 16.5. The summed E-state index contributed by atoms with van der Waals surface area (Å²) in [6.07, 6.45) is 1.96. The van der Waals surface area contributed by atoms with E-state index in [0.717, 1.165) is 19.4 Å². The van der Waals surface area contributed by atoms with E-state index in [4.69, 9.17) is 10.5 Å². The zero-order valence-corrected chi connectivity index (χ0v) is 8.30. The molecule has 0 spiro atoms. The number of nitrogens with two attached hydrogens (primary N) is 1. The Morgan fingerprint density at radius 1 is 1.69 bits per heavy atom. The largest absolute Gasteiger partial charge is 0.379 e. The number of carbonyl (C=O) groups is 1. The van der Waals surface area contributed by atoms with Gasteiger partial charge in [-0.15, -0.1) is 0 Å². The van der Waals surface area contributed by atoms with Crippen molar-refractivity contribution in [2.75, 3.05) is 13.2 Å². The lowest BCUT2D eigenvalue weighted by molar-refractivity contribution is -0.125. The number of ether oxygens (including phenoxy) is 1. The van der Waals surface area contributed by atoms with Gasteiger partial charge >= 0.3 is 0 Å². The first kappa shape index (κ1) is 10.5. The van der Waals surface area contributed by atoms with Crippen LogP contribution in [0.15, 0.2) is 0 Å². The molecule has 1 saturated heterocycles. The number of amides is 1. The van der Waals surface area contributed by atoms with Crippen LogP contribution >= 0.6 is 0 Å². The smallest absolute Gasteiger partial charge is 0.237 e. The van der Waals surface area contributed by atoms with E-state index in [9.17, 15) is 4.79 Å². The maximum Gasteiger partial charge on any atom is 0.237 e. The van der Waals surface area contributed by atoms with Crippen LogP contribution in [0, 0.1) is 0 Å². The van der Waals surface area contributed by atoms with Crippen LogP contribution in [0.3, 0.4) is 0 Å². The molecule has 1 aliphatic rings. The summed E-state index contributed by atoms with van der Waals surface area (Å²) in [7, 11) is 0. The van der Waals surface area contributed by atoms with Gasteiger partial charge in [-0.3, -0.25) is 4.79 Å². The highest BCUT2D eigenvalue weighted by Gasteiger charge is 2.29. The number of rotatable bonds is 2. The molecule has 1 rings (SSSR count). The van der Waals surface area contributed by atoms with Gasteiger partial charge in [0.2, 0.25) is 5.91 Å². The molecule has 3 N–H and O–H groups in total. The molecule has 1 heterocycles. The van der Waals surface area contributed by atoms with Crippen molar-refractivity contribution in [1.29, 1.82) is 0 Å². The van der Waals surface area contributed by atoms with E-state index in [1.54, 1.807) is 6.92 Å². The second-order valence-corrected chi connectivity index (χ2v) is 3.99. The van der Waals surface area contributed by atoms with E-state index < -0.39 is 6.04 Å². The Morgan fingerprint density at radius 3 is 2.85 bits per heavy atom. The zero-order valence-electron chi connectivity index (χ0n) is 8.30. The maximum atomic E-state index is 11.3. The van der Waals surface area contributed by atoms with E-state index in [1.165, 1.54) is 0 Å². The predicted octanol–water partition coefficient (Wildman–Crippen LogP) is 0.0189. The van der Waals surface area contributed by atoms with Crippen LogP contribution in [0.2, 0.25) is 0 Å².